The normalized spacial score (nSPS) is 20.9. The smallest absolute Gasteiger partial charge is 0.309 e. The summed E-state index contributed by atoms with van der Waals surface area (Å²) < 4.78 is 58.8. The number of fused-ring (bicyclic) bond motifs is 1. The predicted octanol–water partition coefficient (Wildman–Crippen LogP) is 4.49. The quantitative estimate of drug-likeness (QED) is 0.371. The van der Waals surface area contributed by atoms with Crippen molar-refractivity contribution in [3.05, 3.63) is 53.3 Å². The number of ether oxygens (including phenoxy) is 3. The van der Waals surface area contributed by atoms with Crippen LogP contribution in [0.5, 0.6) is 17.2 Å². The van der Waals surface area contributed by atoms with Gasteiger partial charge in [-0.05, 0) is 47.7 Å². The van der Waals surface area contributed by atoms with Crippen LogP contribution in [-0.2, 0) is 14.8 Å². The van der Waals surface area contributed by atoms with Crippen molar-refractivity contribution in [2.45, 2.75) is 45.6 Å². The van der Waals surface area contributed by atoms with Crippen LogP contribution >= 0.6 is 0 Å². The third-order valence-corrected chi connectivity index (χ3v) is 9.50. The molecule has 0 unspecified atom stereocenters. The zero-order valence-corrected chi connectivity index (χ0v) is 24.3. The van der Waals surface area contributed by atoms with Gasteiger partial charge in [0.25, 0.3) is 0 Å². The molecule has 0 spiro atoms. The number of carbonyl (C=O) groups is 1. The van der Waals surface area contributed by atoms with Gasteiger partial charge in [-0.1, -0.05) is 39.3 Å². The minimum atomic E-state index is -3.49. The van der Waals surface area contributed by atoms with Gasteiger partial charge in [-0.2, -0.15) is 0 Å². The number of unbranched alkanes of at least 4 members (excludes halogenated alkanes) is 1. The number of methoxy groups -OCH3 is 1. The molecule has 0 aromatic heterocycles. The molecular weight excluding hydrogens is 539 g/mol. The molecule has 1 N–H and O–H groups in total. The Kier molecular flexibility index (Phi) is 9.58. The van der Waals surface area contributed by atoms with E-state index < -0.39 is 39.7 Å². The Morgan fingerprint density at radius 2 is 1.90 bits per heavy atom. The van der Waals surface area contributed by atoms with Gasteiger partial charge in [0.2, 0.25) is 16.8 Å². The topological polar surface area (TPSA) is 106 Å². The first-order valence-corrected chi connectivity index (χ1v) is 15.3. The van der Waals surface area contributed by atoms with E-state index in [0.29, 0.717) is 43.1 Å². The molecule has 2 aromatic carbocycles. The second-order valence-electron chi connectivity index (χ2n) is 10.8. The van der Waals surface area contributed by atoms with Gasteiger partial charge in [0.15, 0.2) is 23.1 Å². The summed E-state index contributed by atoms with van der Waals surface area (Å²) in [6.45, 7) is 7.21. The van der Waals surface area contributed by atoms with Crippen molar-refractivity contribution in [2.75, 3.05) is 45.8 Å². The maximum absolute atomic E-state index is 14.9. The van der Waals surface area contributed by atoms with Gasteiger partial charge in [0, 0.05) is 38.1 Å². The first-order chi connectivity index (χ1) is 19.1. The Morgan fingerprint density at radius 1 is 1.18 bits per heavy atom. The van der Waals surface area contributed by atoms with E-state index in [9.17, 15) is 22.7 Å². The van der Waals surface area contributed by atoms with Crippen LogP contribution in [0.25, 0.3) is 0 Å². The third-order valence-electron chi connectivity index (χ3n) is 7.58. The number of likely N-dealkylation sites (tertiary alicyclic amines) is 1. The number of halogens is 1. The van der Waals surface area contributed by atoms with Crippen LogP contribution in [0.1, 0.15) is 56.7 Å². The Labute approximate surface area is 235 Å². The molecule has 2 heterocycles. The van der Waals surface area contributed by atoms with Gasteiger partial charge in [-0.15, -0.1) is 0 Å². The van der Waals surface area contributed by atoms with Gasteiger partial charge in [-0.25, -0.2) is 17.1 Å². The fourth-order valence-electron chi connectivity index (χ4n) is 5.65. The summed E-state index contributed by atoms with van der Waals surface area (Å²) in [5, 5.41) is 10.5. The highest BCUT2D eigenvalue weighted by molar-refractivity contribution is 7.89. The molecule has 11 heteroatoms. The molecule has 220 valence electrons. The van der Waals surface area contributed by atoms with Gasteiger partial charge < -0.3 is 19.3 Å². The summed E-state index contributed by atoms with van der Waals surface area (Å²) in [7, 11) is -2.12. The fraction of sp³-hybridized carbons (Fsp3) is 0.552. The van der Waals surface area contributed by atoms with E-state index >= 15 is 0 Å². The average Bonchev–Trinajstić information content (AvgIpc) is 3.54. The van der Waals surface area contributed by atoms with Crippen LogP contribution in [0.15, 0.2) is 36.4 Å². The Bertz CT molecular complexity index is 1300. The number of nitrogens with zero attached hydrogens (tertiary/aromatic N) is 2. The SMILES string of the molecule is CCCCS(=O)(=O)N(CCN1C[C@H](c2ccc3c(c2)OCO3)[C@H](C(=O)O)[C@H]1c1ccc(OC)c(F)c1)CC(C)C. The molecule has 9 nitrogen and oxygen atoms in total. The first-order valence-electron chi connectivity index (χ1n) is 13.7. The second kappa shape index (κ2) is 12.7. The molecule has 3 atom stereocenters. The molecule has 0 radical (unpaired) electrons. The number of benzene rings is 2. The summed E-state index contributed by atoms with van der Waals surface area (Å²) in [6, 6.07) is 9.22. The van der Waals surface area contributed by atoms with Crippen LogP contribution in [0.4, 0.5) is 4.39 Å². The van der Waals surface area contributed by atoms with Crippen molar-refractivity contribution in [3.8, 4) is 17.2 Å². The summed E-state index contributed by atoms with van der Waals surface area (Å²) in [6.07, 6.45) is 1.34. The minimum absolute atomic E-state index is 0.0672. The van der Waals surface area contributed by atoms with Crippen molar-refractivity contribution in [2.24, 2.45) is 11.8 Å². The number of sulfonamides is 1. The number of carboxylic acids is 1. The van der Waals surface area contributed by atoms with Gasteiger partial charge >= 0.3 is 5.97 Å². The van der Waals surface area contributed by atoms with Crippen LogP contribution in [0.3, 0.4) is 0 Å². The van der Waals surface area contributed by atoms with Crippen molar-refractivity contribution in [1.82, 2.24) is 9.21 Å². The molecule has 0 aliphatic carbocycles. The number of carboxylic acid groups (broad SMARTS) is 1. The minimum Gasteiger partial charge on any atom is -0.494 e. The first kappa shape index (κ1) is 30.1. The summed E-state index contributed by atoms with van der Waals surface area (Å²) in [5.41, 5.74) is 1.27. The van der Waals surface area contributed by atoms with E-state index in [4.69, 9.17) is 14.2 Å². The molecule has 1 fully saturated rings. The van der Waals surface area contributed by atoms with E-state index in [-0.39, 0.29) is 30.8 Å². The maximum Gasteiger partial charge on any atom is 0.309 e. The molecule has 2 aliphatic rings. The average molecular weight is 579 g/mol. The van der Waals surface area contributed by atoms with E-state index in [1.807, 2.05) is 31.7 Å². The Hall–Kier alpha value is -2.89. The van der Waals surface area contributed by atoms with Crippen LogP contribution in [0, 0.1) is 17.7 Å². The number of hydrogen-bond acceptors (Lipinski definition) is 7. The number of rotatable bonds is 13. The molecule has 0 saturated carbocycles. The van der Waals surface area contributed by atoms with E-state index in [1.165, 1.54) is 23.5 Å². The molecule has 0 amide bonds. The lowest BCUT2D eigenvalue weighted by molar-refractivity contribution is -0.143. The zero-order valence-electron chi connectivity index (χ0n) is 23.5. The highest BCUT2D eigenvalue weighted by atomic mass is 32.2. The second-order valence-corrected chi connectivity index (χ2v) is 12.9. The van der Waals surface area contributed by atoms with Crippen molar-refractivity contribution < 1.29 is 36.9 Å². The summed E-state index contributed by atoms with van der Waals surface area (Å²) in [5.74, 6) is -1.55. The highest BCUT2D eigenvalue weighted by Crippen LogP contribution is 2.48. The number of hydrogen-bond donors (Lipinski definition) is 1. The van der Waals surface area contributed by atoms with Crippen LogP contribution < -0.4 is 14.2 Å². The predicted molar refractivity (Wildman–Crippen MR) is 149 cm³/mol. The van der Waals surface area contributed by atoms with Gasteiger partial charge in [0.05, 0.1) is 18.8 Å². The largest absolute Gasteiger partial charge is 0.494 e. The highest BCUT2D eigenvalue weighted by Gasteiger charge is 2.48. The molecule has 2 aromatic rings. The third kappa shape index (κ3) is 6.53. The lowest BCUT2D eigenvalue weighted by Gasteiger charge is -2.30. The van der Waals surface area contributed by atoms with E-state index in [2.05, 4.69) is 0 Å². The summed E-state index contributed by atoms with van der Waals surface area (Å²) >= 11 is 0. The van der Waals surface area contributed by atoms with E-state index in [1.54, 1.807) is 18.2 Å². The van der Waals surface area contributed by atoms with Crippen LogP contribution in [0.2, 0.25) is 0 Å². The monoisotopic (exact) mass is 578 g/mol. The molecule has 0 bridgehead atoms. The number of aliphatic carboxylic acids is 1. The zero-order chi connectivity index (χ0) is 29.0. The van der Waals surface area contributed by atoms with Crippen LogP contribution in [-0.4, -0.2) is 74.5 Å². The standard InChI is InChI=1S/C29H39FN2O7S/c1-5-6-13-40(35,36)32(16-19(2)3)12-11-31-17-22(20-7-10-25-26(15-20)39-18-38-25)27(29(33)34)28(31)21-8-9-24(37-4)23(30)14-21/h7-10,14-15,19,22,27-28H,5-6,11-13,16-18H2,1-4H3,(H,33,34)/t22-,27+,28-/m1/s1. The van der Waals surface area contributed by atoms with Gasteiger partial charge in [-0.3, -0.25) is 9.69 Å². The molecule has 2 aliphatic heterocycles. The molecular formula is C29H39FN2O7S. The molecule has 4 rings (SSSR count). The fourth-order valence-corrected chi connectivity index (χ4v) is 7.45. The molecule has 40 heavy (non-hydrogen) atoms. The van der Waals surface area contributed by atoms with Gasteiger partial charge in [0.1, 0.15) is 0 Å². The lowest BCUT2D eigenvalue weighted by atomic mass is 9.82. The van der Waals surface area contributed by atoms with Crippen molar-refractivity contribution in [3.63, 3.8) is 0 Å². The molecule has 1 saturated heterocycles. The maximum atomic E-state index is 14.9. The lowest BCUT2D eigenvalue weighted by Crippen LogP contribution is -2.42. The Balaban J connectivity index is 1.70. The Morgan fingerprint density at radius 3 is 2.55 bits per heavy atom. The van der Waals surface area contributed by atoms with Crippen molar-refractivity contribution >= 4 is 16.0 Å². The van der Waals surface area contributed by atoms with Crippen molar-refractivity contribution in [1.29, 1.82) is 0 Å². The van der Waals surface area contributed by atoms with E-state index in [0.717, 1.165) is 12.0 Å². The summed E-state index contributed by atoms with van der Waals surface area (Å²) in [4.78, 5) is 14.8.